The molecule has 0 aliphatic heterocycles. The zero-order valence-electron chi connectivity index (χ0n) is 11.1. The Kier molecular flexibility index (Phi) is 8.03. The van der Waals surface area contributed by atoms with Crippen LogP contribution in [0.5, 0.6) is 0 Å². The highest BCUT2D eigenvalue weighted by molar-refractivity contribution is 5.84. The standard InChI is InChI=1S/C12H24N2O2/c1-6-13-12(15)9-10(2)11(3)16-8-7-14(4)5/h6,10-11H,7-9H2,1-5H3. The number of amides is 1. The third kappa shape index (κ3) is 7.54. The molecule has 0 radical (unpaired) electrons. The average Bonchev–Trinajstić information content (AvgIpc) is 2.17. The monoisotopic (exact) mass is 228 g/mol. The number of likely N-dealkylation sites (N-methyl/N-ethyl adjacent to an activating group) is 1. The van der Waals surface area contributed by atoms with Crippen molar-refractivity contribution < 1.29 is 9.53 Å². The van der Waals surface area contributed by atoms with E-state index in [-0.39, 0.29) is 17.9 Å². The topological polar surface area (TPSA) is 41.9 Å². The summed E-state index contributed by atoms with van der Waals surface area (Å²) < 4.78 is 5.65. The van der Waals surface area contributed by atoms with Crippen LogP contribution < -0.4 is 0 Å². The number of nitrogens with zero attached hydrogens (tertiary/aromatic N) is 2. The van der Waals surface area contributed by atoms with Crippen LogP contribution in [0.3, 0.4) is 0 Å². The third-order valence-electron chi connectivity index (χ3n) is 2.49. The fourth-order valence-electron chi connectivity index (χ4n) is 1.22. The van der Waals surface area contributed by atoms with Gasteiger partial charge in [0.1, 0.15) is 0 Å². The Bertz CT molecular complexity index is 227. The molecular formula is C12H24N2O2. The maximum absolute atomic E-state index is 11.3. The van der Waals surface area contributed by atoms with Gasteiger partial charge in [-0.15, -0.1) is 0 Å². The fourth-order valence-corrected chi connectivity index (χ4v) is 1.22. The maximum atomic E-state index is 11.3. The molecule has 2 atom stereocenters. The molecule has 4 nitrogen and oxygen atoms in total. The predicted octanol–water partition coefficient (Wildman–Crippen LogP) is 1.60. The van der Waals surface area contributed by atoms with Crippen molar-refractivity contribution in [2.24, 2.45) is 10.9 Å². The lowest BCUT2D eigenvalue weighted by atomic mass is 10.0. The van der Waals surface area contributed by atoms with Gasteiger partial charge in [0.15, 0.2) is 0 Å². The first-order chi connectivity index (χ1) is 7.47. The van der Waals surface area contributed by atoms with Gasteiger partial charge < -0.3 is 9.64 Å². The number of aliphatic imine (C=N–C) groups is 1. The Labute approximate surface area is 98.7 Å². The summed E-state index contributed by atoms with van der Waals surface area (Å²) in [5.74, 6) is 0.136. The second kappa shape index (κ2) is 8.42. The lowest BCUT2D eigenvalue weighted by molar-refractivity contribution is -0.119. The summed E-state index contributed by atoms with van der Waals surface area (Å²) in [4.78, 5) is 17.1. The van der Waals surface area contributed by atoms with E-state index in [1.807, 2.05) is 27.9 Å². The van der Waals surface area contributed by atoms with Crippen LogP contribution in [0.1, 0.15) is 27.2 Å². The second-order valence-corrected chi connectivity index (χ2v) is 4.34. The molecule has 0 rings (SSSR count). The highest BCUT2D eigenvalue weighted by atomic mass is 16.5. The number of carbonyl (C=O) groups excluding carboxylic acids is 1. The number of rotatable bonds is 7. The minimum absolute atomic E-state index is 0.0712. The molecule has 0 bridgehead atoms. The minimum Gasteiger partial charge on any atom is -0.377 e. The maximum Gasteiger partial charge on any atom is 0.245 e. The van der Waals surface area contributed by atoms with Crippen LogP contribution in [0.25, 0.3) is 0 Å². The zero-order valence-corrected chi connectivity index (χ0v) is 11.1. The summed E-state index contributed by atoms with van der Waals surface area (Å²) in [6, 6.07) is 0. The normalized spacial score (nSPS) is 15.6. The zero-order chi connectivity index (χ0) is 12.6. The van der Waals surface area contributed by atoms with Gasteiger partial charge >= 0.3 is 0 Å². The molecule has 0 spiro atoms. The predicted molar refractivity (Wildman–Crippen MR) is 66.9 cm³/mol. The van der Waals surface area contributed by atoms with Gasteiger partial charge in [0.2, 0.25) is 5.91 Å². The summed E-state index contributed by atoms with van der Waals surface area (Å²) in [5, 5.41) is 0. The van der Waals surface area contributed by atoms with Gasteiger partial charge in [0.25, 0.3) is 0 Å². The van der Waals surface area contributed by atoms with Crippen molar-refractivity contribution in [1.82, 2.24) is 4.90 Å². The van der Waals surface area contributed by atoms with E-state index in [1.165, 1.54) is 6.21 Å². The van der Waals surface area contributed by atoms with Gasteiger partial charge in [0.05, 0.1) is 12.7 Å². The second-order valence-electron chi connectivity index (χ2n) is 4.34. The first kappa shape index (κ1) is 15.3. The molecule has 0 aliphatic rings. The van der Waals surface area contributed by atoms with Gasteiger partial charge in [-0.3, -0.25) is 4.79 Å². The minimum atomic E-state index is -0.0712. The van der Waals surface area contributed by atoms with E-state index < -0.39 is 0 Å². The van der Waals surface area contributed by atoms with E-state index in [0.717, 1.165) is 6.54 Å². The Morgan fingerprint density at radius 1 is 1.44 bits per heavy atom. The number of carbonyl (C=O) groups is 1. The van der Waals surface area contributed by atoms with E-state index in [0.29, 0.717) is 13.0 Å². The fraction of sp³-hybridized carbons (Fsp3) is 0.833. The molecular weight excluding hydrogens is 204 g/mol. The van der Waals surface area contributed by atoms with Crippen LogP contribution in [0, 0.1) is 5.92 Å². The summed E-state index contributed by atoms with van der Waals surface area (Å²) in [6.45, 7) is 7.37. The van der Waals surface area contributed by atoms with Crippen molar-refractivity contribution in [3.8, 4) is 0 Å². The largest absolute Gasteiger partial charge is 0.377 e. The summed E-state index contributed by atoms with van der Waals surface area (Å²) in [5.41, 5.74) is 0. The highest BCUT2D eigenvalue weighted by Gasteiger charge is 2.15. The summed E-state index contributed by atoms with van der Waals surface area (Å²) >= 11 is 0. The van der Waals surface area contributed by atoms with Crippen molar-refractivity contribution in [3.63, 3.8) is 0 Å². The smallest absolute Gasteiger partial charge is 0.245 e. The van der Waals surface area contributed by atoms with Crippen molar-refractivity contribution in [1.29, 1.82) is 0 Å². The molecule has 0 fully saturated rings. The lowest BCUT2D eigenvalue weighted by Crippen LogP contribution is -2.25. The van der Waals surface area contributed by atoms with Crippen LogP contribution in [-0.2, 0) is 9.53 Å². The quantitative estimate of drug-likeness (QED) is 0.621. The van der Waals surface area contributed by atoms with Gasteiger partial charge in [0, 0.05) is 19.2 Å². The van der Waals surface area contributed by atoms with Crippen molar-refractivity contribution in [2.75, 3.05) is 27.2 Å². The van der Waals surface area contributed by atoms with E-state index >= 15 is 0 Å². The lowest BCUT2D eigenvalue weighted by Gasteiger charge is -2.20. The summed E-state index contributed by atoms with van der Waals surface area (Å²) in [6.07, 6.45) is 2.08. The summed E-state index contributed by atoms with van der Waals surface area (Å²) in [7, 11) is 4.02. The molecule has 0 aliphatic carbocycles. The molecule has 0 saturated carbocycles. The van der Waals surface area contributed by atoms with Gasteiger partial charge in [-0.25, -0.2) is 4.99 Å². The number of ether oxygens (including phenoxy) is 1. The van der Waals surface area contributed by atoms with Gasteiger partial charge in [-0.1, -0.05) is 6.92 Å². The van der Waals surface area contributed by atoms with Crippen LogP contribution in [0.4, 0.5) is 0 Å². The molecule has 0 aromatic rings. The first-order valence-electron chi connectivity index (χ1n) is 5.75. The van der Waals surface area contributed by atoms with Crippen molar-refractivity contribution in [2.45, 2.75) is 33.3 Å². The van der Waals surface area contributed by atoms with Crippen molar-refractivity contribution >= 4 is 12.1 Å². The third-order valence-corrected chi connectivity index (χ3v) is 2.49. The molecule has 0 N–H and O–H groups in total. The van der Waals surface area contributed by atoms with E-state index in [9.17, 15) is 4.79 Å². The molecule has 16 heavy (non-hydrogen) atoms. The Balaban J connectivity index is 3.80. The molecule has 2 unspecified atom stereocenters. The SMILES string of the molecule is CC=NC(=O)CC(C)C(C)OCCN(C)C. The Morgan fingerprint density at radius 2 is 2.06 bits per heavy atom. The first-order valence-corrected chi connectivity index (χ1v) is 5.75. The molecule has 0 saturated heterocycles. The van der Waals surface area contributed by atoms with E-state index in [4.69, 9.17) is 4.74 Å². The van der Waals surface area contributed by atoms with Crippen LogP contribution in [0.2, 0.25) is 0 Å². The van der Waals surface area contributed by atoms with E-state index in [1.54, 1.807) is 6.92 Å². The molecule has 1 amide bonds. The Morgan fingerprint density at radius 3 is 2.56 bits per heavy atom. The molecule has 0 aromatic heterocycles. The highest BCUT2D eigenvalue weighted by Crippen LogP contribution is 2.12. The van der Waals surface area contributed by atoms with Crippen LogP contribution >= 0.6 is 0 Å². The molecule has 4 heteroatoms. The van der Waals surface area contributed by atoms with Crippen LogP contribution in [0.15, 0.2) is 4.99 Å². The molecule has 94 valence electrons. The number of hydrogen-bond donors (Lipinski definition) is 0. The number of hydrogen-bond acceptors (Lipinski definition) is 3. The van der Waals surface area contributed by atoms with Gasteiger partial charge in [-0.05, 0) is 33.9 Å². The van der Waals surface area contributed by atoms with Crippen molar-refractivity contribution in [3.05, 3.63) is 0 Å². The van der Waals surface area contributed by atoms with Gasteiger partial charge in [-0.2, -0.15) is 0 Å². The van der Waals surface area contributed by atoms with E-state index in [2.05, 4.69) is 9.89 Å². The molecule has 0 aromatic carbocycles. The van der Waals surface area contributed by atoms with Crippen LogP contribution in [-0.4, -0.2) is 50.4 Å². The Hall–Kier alpha value is -0.740. The molecule has 0 heterocycles. The average molecular weight is 228 g/mol.